The van der Waals surface area contributed by atoms with Crippen LogP contribution in [0.5, 0.6) is 0 Å². The zero-order chi connectivity index (χ0) is 25.4. The molecule has 0 heterocycles. The summed E-state index contributed by atoms with van der Waals surface area (Å²) in [5.41, 5.74) is 2.33. The Bertz CT molecular complexity index is 1270. The van der Waals surface area contributed by atoms with Crippen molar-refractivity contribution in [3.63, 3.8) is 0 Å². The van der Waals surface area contributed by atoms with Crippen molar-refractivity contribution in [1.29, 1.82) is 5.26 Å². The number of carbonyl (C=O) groups is 2. The van der Waals surface area contributed by atoms with Crippen LogP contribution in [-0.4, -0.2) is 25.0 Å². The van der Waals surface area contributed by atoms with Gasteiger partial charge >= 0.3 is 5.97 Å². The molecular formula is C31H26N2O3. The van der Waals surface area contributed by atoms with Gasteiger partial charge in [0.1, 0.15) is 11.5 Å². The van der Waals surface area contributed by atoms with Gasteiger partial charge in [0.2, 0.25) is 5.91 Å². The van der Waals surface area contributed by atoms with Crippen LogP contribution >= 0.6 is 0 Å². The minimum absolute atomic E-state index is 0.183. The third-order valence-electron chi connectivity index (χ3n) is 6.25. The smallest absolute Gasteiger partial charge is 0.328 e. The van der Waals surface area contributed by atoms with E-state index in [2.05, 4.69) is 11.4 Å². The van der Waals surface area contributed by atoms with E-state index < -0.39 is 17.4 Å². The number of nitrogens with one attached hydrogen (secondary N) is 1. The van der Waals surface area contributed by atoms with Crippen LogP contribution in [0.1, 0.15) is 27.8 Å². The highest BCUT2D eigenvalue weighted by Gasteiger charge is 2.45. The molecule has 4 aromatic rings. The molecule has 0 saturated carbocycles. The van der Waals surface area contributed by atoms with E-state index in [-0.39, 0.29) is 12.3 Å². The van der Waals surface area contributed by atoms with E-state index in [1.54, 1.807) is 18.2 Å². The summed E-state index contributed by atoms with van der Waals surface area (Å²) in [6, 6.07) is 36.8. The number of ether oxygens (including phenoxy) is 1. The van der Waals surface area contributed by atoms with Gasteiger partial charge in [0.05, 0.1) is 18.7 Å². The monoisotopic (exact) mass is 474 g/mol. The highest BCUT2D eigenvalue weighted by molar-refractivity contribution is 5.98. The van der Waals surface area contributed by atoms with E-state index in [4.69, 9.17) is 4.74 Å². The van der Waals surface area contributed by atoms with E-state index in [0.29, 0.717) is 5.56 Å². The lowest BCUT2D eigenvalue weighted by atomic mass is 9.68. The molecule has 0 aliphatic rings. The molecule has 178 valence electrons. The minimum Gasteiger partial charge on any atom is -0.467 e. The van der Waals surface area contributed by atoms with Gasteiger partial charge in [-0.25, -0.2) is 4.79 Å². The van der Waals surface area contributed by atoms with Gasteiger partial charge in [-0.3, -0.25) is 4.79 Å². The first-order valence-corrected chi connectivity index (χ1v) is 11.6. The molecule has 5 heteroatoms. The average molecular weight is 475 g/mol. The first-order chi connectivity index (χ1) is 17.6. The maximum Gasteiger partial charge on any atom is 0.328 e. The number of benzene rings is 4. The predicted octanol–water partition coefficient (Wildman–Crippen LogP) is 4.79. The van der Waals surface area contributed by atoms with Crippen molar-refractivity contribution >= 4 is 11.9 Å². The standard InChI is InChI=1S/C31H26N2O3/c1-36-29(34)28(21-23-12-11-13-24(20-23)22-32)33-30(35)31(25-14-5-2-6-15-25,26-16-7-3-8-17-26)27-18-9-4-10-19-27/h2-20,28H,21H2,1H3,(H,33,35)/t28-/m1/s1. The van der Waals surface area contributed by atoms with Gasteiger partial charge in [0.15, 0.2) is 0 Å². The summed E-state index contributed by atoms with van der Waals surface area (Å²) in [6.45, 7) is 0. The predicted molar refractivity (Wildman–Crippen MR) is 138 cm³/mol. The van der Waals surface area contributed by atoms with Crippen molar-refractivity contribution in [2.24, 2.45) is 0 Å². The normalized spacial score (nSPS) is 11.7. The molecule has 1 N–H and O–H groups in total. The molecule has 0 unspecified atom stereocenters. The van der Waals surface area contributed by atoms with Crippen LogP contribution in [0.4, 0.5) is 0 Å². The van der Waals surface area contributed by atoms with Crippen LogP contribution in [0.25, 0.3) is 0 Å². The van der Waals surface area contributed by atoms with Gasteiger partial charge in [-0.2, -0.15) is 5.26 Å². The van der Waals surface area contributed by atoms with Crippen LogP contribution in [0, 0.1) is 11.3 Å². The second-order valence-electron chi connectivity index (χ2n) is 8.41. The first-order valence-electron chi connectivity index (χ1n) is 11.6. The third-order valence-corrected chi connectivity index (χ3v) is 6.25. The molecule has 0 saturated heterocycles. The van der Waals surface area contributed by atoms with Gasteiger partial charge in [-0.15, -0.1) is 0 Å². The number of hydrogen-bond acceptors (Lipinski definition) is 4. The van der Waals surface area contributed by atoms with Crippen molar-refractivity contribution in [3.8, 4) is 6.07 Å². The van der Waals surface area contributed by atoms with Gasteiger partial charge in [0.25, 0.3) is 0 Å². The second kappa shape index (κ2) is 11.2. The van der Waals surface area contributed by atoms with E-state index in [1.165, 1.54) is 7.11 Å². The molecule has 0 fully saturated rings. The van der Waals surface area contributed by atoms with Crippen molar-refractivity contribution in [3.05, 3.63) is 143 Å². The largest absolute Gasteiger partial charge is 0.467 e. The lowest BCUT2D eigenvalue weighted by Gasteiger charge is -2.35. The SMILES string of the molecule is COC(=O)[C@@H](Cc1cccc(C#N)c1)NC(=O)C(c1ccccc1)(c1ccccc1)c1ccccc1. The van der Waals surface area contributed by atoms with Crippen molar-refractivity contribution in [1.82, 2.24) is 5.32 Å². The van der Waals surface area contributed by atoms with Gasteiger partial charge in [-0.05, 0) is 34.4 Å². The van der Waals surface area contributed by atoms with Crippen LogP contribution < -0.4 is 5.32 Å². The summed E-state index contributed by atoms with van der Waals surface area (Å²) >= 11 is 0. The fraction of sp³-hybridized carbons (Fsp3) is 0.129. The maximum absolute atomic E-state index is 14.4. The molecule has 0 bridgehead atoms. The molecule has 0 aliphatic heterocycles. The number of nitrogens with zero attached hydrogens (tertiary/aromatic N) is 1. The van der Waals surface area contributed by atoms with E-state index in [9.17, 15) is 14.9 Å². The Morgan fingerprint density at radius 2 is 1.31 bits per heavy atom. The van der Waals surface area contributed by atoms with Crippen molar-refractivity contribution in [2.75, 3.05) is 7.11 Å². The fourth-order valence-corrected chi connectivity index (χ4v) is 4.56. The van der Waals surface area contributed by atoms with Crippen molar-refractivity contribution in [2.45, 2.75) is 17.9 Å². The Hall–Kier alpha value is -4.69. The molecule has 0 radical (unpaired) electrons. The highest BCUT2D eigenvalue weighted by Crippen LogP contribution is 2.39. The van der Waals surface area contributed by atoms with Gasteiger partial charge < -0.3 is 10.1 Å². The Morgan fingerprint density at radius 3 is 1.75 bits per heavy atom. The van der Waals surface area contributed by atoms with E-state index in [0.717, 1.165) is 22.3 Å². The van der Waals surface area contributed by atoms with Gasteiger partial charge in [-0.1, -0.05) is 103 Å². The number of rotatable bonds is 8. The first kappa shape index (κ1) is 24.4. The lowest BCUT2D eigenvalue weighted by Crippen LogP contribution is -2.52. The average Bonchev–Trinajstić information content (AvgIpc) is 2.94. The zero-order valence-corrected chi connectivity index (χ0v) is 19.9. The molecule has 1 amide bonds. The quantitative estimate of drug-likeness (QED) is 0.294. The van der Waals surface area contributed by atoms with Crippen LogP contribution in [0.2, 0.25) is 0 Å². The molecule has 4 rings (SSSR count). The highest BCUT2D eigenvalue weighted by atomic mass is 16.5. The van der Waals surface area contributed by atoms with Crippen molar-refractivity contribution < 1.29 is 14.3 Å². The number of amides is 1. The Balaban J connectivity index is 1.84. The van der Waals surface area contributed by atoms with Crippen LogP contribution in [0.3, 0.4) is 0 Å². The molecule has 0 aliphatic carbocycles. The molecule has 5 nitrogen and oxygen atoms in total. The minimum atomic E-state index is -1.22. The molecule has 4 aromatic carbocycles. The summed E-state index contributed by atoms with van der Waals surface area (Å²) in [5, 5.41) is 12.3. The summed E-state index contributed by atoms with van der Waals surface area (Å²) in [6.07, 6.45) is 0.183. The summed E-state index contributed by atoms with van der Waals surface area (Å²) in [7, 11) is 1.30. The van der Waals surface area contributed by atoms with Crippen LogP contribution in [0.15, 0.2) is 115 Å². The number of carbonyl (C=O) groups excluding carboxylic acids is 2. The maximum atomic E-state index is 14.4. The third kappa shape index (κ3) is 4.89. The molecule has 0 spiro atoms. The Kier molecular flexibility index (Phi) is 7.57. The Labute approximate surface area is 211 Å². The molecule has 0 aromatic heterocycles. The molecular weight excluding hydrogens is 448 g/mol. The summed E-state index contributed by atoms with van der Waals surface area (Å²) in [5.74, 6) is -0.910. The summed E-state index contributed by atoms with van der Waals surface area (Å²) < 4.78 is 5.05. The van der Waals surface area contributed by atoms with Gasteiger partial charge in [0, 0.05) is 6.42 Å². The van der Waals surface area contributed by atoms with E-state index >= 15 is 0 Å². The zero-order valence-electron chi connectivity index (χ0n) is 19.9. The number of hydrogen-bond donors (Lipinski definition) is 1. The van der Waals surface area contributed by atoms with Crippen LogP contribution in [-0.2, 0) is 26.2 Å². The topological polar surface area (TPSA) is 79.2 Å². The second-order valence-corrected chi connectivity index (χ2v) is 8.41. The number of esters is 1. The lowest BCUT2D eigenvalue weighted by molar-refractivity contribution is -0.145. The molecule has 36 heavy (non-hydrogen) atoms. The molecule has 1 atom stereocenters. The fourth-order valence-electron chi connectivity index (χ4n) is 4.56. The number of methoxy groups -OCH3 is 1. The number of nitriles is 1. The van der Waals surface area contributed by atoms with E-state index in [1.807, 2.05) is 97.1 Å². The Morgan fingerprint density at radius 1 is 0.806 bits per heavy atom. The summed E-state index contributed by atoms with van der Waals surface area (Å²) in [4.78, 5) is 27.3.